The predicted molar refractivity (Wildman–Crippen MR) is 83.5 cm³/mol. The third kappa shape index (κ3) is 5.08. The highest BCUT2D eigenvalue weighted by atomic mass is 16.6. The molecule has 0 radical (unpaired) electrons. The minimum atomic E-state index is -0.264. The number of benzene rings is 1. The first-order valence-electron chi connectivity index (χ1n) is 7.14. The van der Waals surface area contributed by atoms with E-state index in [1.54, 1.807) is 4.90 Å². The largest absolute Gasteiger partial charge is 0.442 e. The maximum atomic E-state index is 12.1. The molecule has 0 saturated carbocycles. The van der Waals surface area contributed by atoms with E-state index in [2.05, 4.69) is 0 Å². The maximum absolute atomic E-state index is 12.1. The summed E-state index contributed by atoms with van der Waals surface area (Å²) in [5.74, 6) is 0. The van der Waals surface area contributed by atoms with Crippen LogP contribution in [0.25, 0.3) is 6.08 Å². The zero-order valence-corrected chi connectivity index (χ0v) is 13.0. The Morgan fingerprint density at radius 2 is 1.60 bits per heavy atom. The van der Waals surface area contributed by atoms with Crippen molar-refractivity contribution in [1.29, 1.82) is 0 Å². The van der Waals surface area contributed by atoms with Gasteiger partial charge in [-0.05, 0) is 46.3 Å². The Hall–Kier alpha value is -1.77. The number of carbonyl (C=O) groups excluding carboxylic acids is 1. The number of nitrogens with zero attached hydrogens (tertiary/aromatic N) is 1. The predicted octanol–water partition coefficient (Wildman–Crippen LogP) is 4.34. The molecule has 1 aromatic carbocycles. The Kier molecular flexibility index (Phi) is 6.29. The zero-order valence-electron chi connectivity index (χ0n) is 13.0. The van der Waals surface area contributed by atoms with Crippen LogP contribution < -0.4 is 0 Å². The maximum Gasteiger partial charge on any atom is 0.410 e. The Morgan fingerprint density at radius 3 is 2.10 bits per heavy atom. The van der Waals surface area contributed by atoms with Gasteiger partial charge in [0.2, 0.25) is 0 Å². The first-order valence-corrected chi connectivity index (χ1v) is 7.14. The Labute approximate surface area is 122 Å². The minimum absolute atomic E-state index is 0.132. The first kappa shape index (κ1) is 16.3. The molecule has 0 bridgehead atoms. The molecule has 0 aromatic heterocycles. The highest BCUT2D eigenvalue weighted by molar-refractivity contribution is 5.69. The summed E-state index contributed by atoms with van der Waals surface area (Å²) in [5.41, 5.74) is 1.10. The first-order chi connectivity index (χ1) is 9.41. The van der Waals surface area contributed by atoms with Crippen molar-refractivity contribution in [3.05, 3.63) is 42.0 Å². The number of amides is 1. The molecule has 0 unspecified atom stereocenters. The molecule has 0 fully saturated rings. The summed E-state index contributed by atoms with van der Waals surface area (Å²) in [6.07, 6.45) is 3.35. The molecular formula is C17H25NO2. The molecule has 0 spiro atoms. The second-order valence-electron chi connectivity index (χ2n) is 5.45. The lowest BCUT2D eigenvalue weighted by Gasteiger charge is -2.30. The lowest BCUT2D eigenvalue weighted by molar-refractivity contribution is 0.0655. The summed E-state index contributed by atoms with van der Waals surface area (Å²) in [7, 11) is 0. The van der Waals surface area contributed by atoms with Crippen molar-refractivity contribution in [2.75, 3.05) is 0 Å². The van der Waals surface area contributed by atoms with Gasteiger partial charge in [0.15, 0.2) is 0 Å². The standard InChI is InChI=1S/C17H25NO2/c1-13(2)18(14(3)4)17(19)20-15(5)11-12-16-9-7-6-8-10-16/h6-15H,1-5H3/b12-11+/t15-/m1/s1. The summed E-state index contributed by atoms with van der Waals surface area (Å²) >= 11 is 0. The van der Waals surface area contributed by atoms with Crippen molar-refractivity contribution in [1.82, 2.24) is 4.90 Å². The lowest BCUT2D eigenvalue weighted by atomic mass is 10.2. The average molecular weight is 275 g/mol. The highest BCUT2D eigenvalue weighted by Crippen LogP contribution is 2.10. The number of rotatable bonds is 5. The molecule has 1 rings (SSSR count). The second kappa shape index (κ2) is 7.73. The van der Waals surface area contributed by atoms with E-state index in [9.17, 15) is 4.79 Å². The smallest absolute Gasteiger partial charge is 0.410 e. The van der Waals surface area contributed by atoms with Gasteiger partial charge in [0.05, 0.1) is 0 Å². The molecular weight excluding hydrogens is 250 g/mol. The van der Waals surface area contributed by atoms with Crippen LogP contribution in [0.1, 0.15) is 40.2 Å². The summed E-state index contributed by atoms with van der Waals surface area (Å²) in [6, 6.07) is 10.2. The molecule has 0 aliphatic rings. The van der Waals surface area contributed by atoms with E-state index in [-0.39, 0.29) is 24.3 Å². The monoisotopic (exact) mass is 275 g/mol. The normalized spacial score (nSPS) is 12.9. The molecule has 110 valence electrons. The third-order valence-electron chi connectivity index (χ3n) is 2.97. The van der Waals surface area contributed by atoms with Crippen LogP contribution >= 0.6 is 0 Å². The van der Waals surface area contributed by atoms with Gasteiger partial charge in [-0.3, -0.25) is 0 Å². The fourth-order valence-electron chi connectivity index (χ4n) is 2.09. The van der Waals surface area contributed by atoms with Crippen molar-refractivity contribution < 1.29 is 9.53 Å². The quantitative estimate of drug-likeness (QED) is 0.799. The van der Waals surface area contributed by atoms with Crippen molar-refractivity contribution in [3.8, 4) is 0 Å². The minimum Gasteiger partial charge on any atom is -0.442 e. The van der Waals surface area contributed by atoms with Gasteiger partial charge in [-0.15, -0.1) is 0 Å². The van der Waals surface area contributed by atoms with Gasteiger partial charge in [0, 0.05) is 12.1 Å². The molecule has 3 heteroatoms. The van der Waals surface area contributed by atoms with Crippen molar-refractivity contribution in [3.63, 3.8) is 0 Å². The molecule has 1 aromatic rings. The number of hydrogen-bond donors (Lipinski definition) is 0. The number of ether oxygens (including phenoxy) is 1. The van der Waals surface area contributed by atoms with Gasteiger partial charge >= 0.3 is 6.09 Å². The lowest BCUT2D eigenvalue weighted by Crippen LogP contribution is -2.43. The topological polar surface area (TPSA) is 29.5 Å². The van der Waals surface area contributed by atoms with E-state index in [0.717, 1.165) is 5.56 Å². The van der Waals surface area contributed by atoms with E-state index in [1.165, 1.54) is 0 Å². The molecule has 0 N–H and O–H groups in total. The summed E-state index contributed by atoms with van der Waals surface area (Å²) < 4.78 is 5.46. The van der Waals surface area contributed by atoms with Crippen molar-refractivity contribution in [2.24, 2.45) is 0 Å². The van der Waals surface area contributed by atoms with E-state index in [0.29, 0.717) is 0 Å². The zero-order chi connectivity index (χ0) is 15.1. The van der Waals surface area contributed by atoms with Crippen LogP contribution in [0, 0.1) is 0 Å². The fourth-order valence-corrected chi connectivity index (χ4v) is 2.09. The van der Waals surface area contributed by atoms with Crippen molar-refractivity contribution in [2.45, 2.75) is 52.8 Å². The highest BCUT2D eigenvalue weighted by Gasteiger charge is 2.22. The molecule has 0 aliphatic heterocycles. The van der Waals surface area contributed by atoms with Crippen LogP contribution in [0.5, 0.6) is 0 Å². The van der Waals surface area contributed by atoms with Gasteiger partial charge in [-0.1, -0.05) is 36.4 Å². The van der Waals surface area contributed by atoms with Gasteiger partial charge < -0.3 is 9.64 Å². The van der Waals surface area contributed by atoms with Gasteiger partial charge in [0.1, 0.15) is 6.10 Å². The van der Waals surface area contributed by atoms with Crippen molar-refractivity contribution >= 4 is 12.2 Å². The van der Waals surface area contributed by atoms with Crippen LogP contribution in [0.15, 0.2) is 36.4 Å². The van der Waals surface area contributed by atoms with Gasteiger partial charge in [-0.2, -0.15) is 0 Å². The second-order valence-corrected chi connectivity index (χ2v) is 5.45. The van der Waals surface area contributed by atoms with Crippen LogP contribution in [0.2, 0.25) is 0 Å². The molecule has 1 atom stereocenters. The number of carbonyl (C=O) groups is 1. The Bertz CT molecular complexity index is 430. The summed E-state index contributed by atoms with van der Waals surface area (Å²) in [4.78, 5) is 13.9. The van der Waals surface area contributed by atoms with E-state index in [1.807, 2.05) is 77.1 Å². The molecule has 3 nitrogen and oxygen atoms in total. The van der Waals surface area contributed by atoms with Crippen LogP contribution in [0.4, 0.5) is 4.79 Å². The van der Waals surface area contributed by atoms with E-state index >= 15 is 0 Å². The molecule has 1 amide bonds. The van der Waals surface area contributed by atoms with Crippen LogP contribution in [-0.2, 0) is 4.74 Å². The molecule has 0 heterocycles. The molecule has 0 saturated heterocycles. The molecule has 20 heavy (non-hydrogen) atoms. The average Bonchev–Trinajstić information content (AvgIpc) is 2.36. The van der Waals surface area contributed by atoms with Crippen LogP contribution in [-0.4, -0.2) is 29.2 Å². The van der Waals surface area contributed by atoms with Gasteiger partial charge in [-0.25, -0.2) is 4.79 Å². The van der Waals surface area contributed by atoms with E-state index < -0.39 is 0 Å². The summed E-state index contributed by atoms with van der Waals surface area (Å²) in [5, 5.41) is 0. The molecule has 0 aliphatic carbocycles. The summed E-state index contributed by atoms with van der Waals surface area (Å²) in [6.45, 7) is 9.84. The Balaban J connectivity index is 2.59. The van der Waals surface area contributed by atoms with Gasteiger partial charge in [0.25, 0.3) is 0 Å². The fraction of sp³-hybridized carbons (Fsp3) is 0.471. The Morgan fingerprint density at radius 1 is 1.05 bits per heavy atom. The van der Waals surface area contributed by atoms with E-state index in [4.69, 9.17) is 4.74 Å². The SMILES string of the molecule is CC(C)N(C(=O)O[C@H](C)/C=C/c1ccccc1)C(C)C. The number of hydrogen-bond acceptors (Lipinski definition) is 2. The van der Waals surface area contributed by atoms with Crippen LogP contribution in [0.3, 0.4) is 0 Å². The third-order valence-corrected chi connectivity index (χ3v) is 2.97.